The topological polar surface area (TPSA) is 83.5 Å². The van der Waals surface area contributed by atoms with Gasteiger partial charge in [-0.2, -0.15) is 4.31 Å². The first-order valence-corrected chi connectivity index (χ1v) is 14.7. The van der Waals surface area contributed by atoms with Crippen LogP contribution in [0.1, 0.15) is 53.9 Å². The molecule has 0 aliphatic heterocycles. The maximum absolute atomic E-state index is 13.8. The molecule has 0 fully saturated rings. The first-order valence-electron chi connectivity index (χ1n) is 12.4. The molecule has 2 aromatic carbocycles. The van der Waals surface area contributed by atoms with E-state index in [0.29, 0.717) is 23.8 Å². The monoisotopic (exact) mass is 536 g/mol. The molecule has 0 aliphatic carbocycles. The smallest absolute Gasteiger partial charge is 0.260 e. The van der Waals surface area contributed by atoms with Crippen molar-refractivity contribution in [1.29, 1.82) is 0 Å². The van der Waals surface area contributed by atoms with Gasteiger partial charge in [0.2, 0.25) is 10.0 Å². The highest BCUT2D eigenvalue weighted by molar-refractivity contribution is 7.89. The van der Waals surface area contributed by atoms with Gasteiger partial charge in [0.05, 0.1) is 27.4 Å². The molecule has 2 aromatic heterocycles. The molecule has 0 saturated heterocycles. The lowest BCUT2D eigenvalue weighted by Gasteiger charge is -2.21. The summed E-state index contributed by atoms with van der Waals surface area (Å²) in [4.78, 5) is 24.8. The van der Waals surface area contributed by atoms with E-state index in [-0.39, 0.29) is 17.3 Å². The maximum Gasteiger partial charge on any atom is 0.260 e. The maximum atomic E-state index is 13.8. The van der Waals surface area contributed by atoms with Crippen molar-refractivity contribution in [2.75, 3.05) is 18.0 Å². The van der Waals surface area contributed by atoms with Crippen LogP contribution in [0.4, 0.5) is 5.13 Å². The number of amides is 1. The van der Waals surface area contributed by atoms with Gasteiger partial charge >= 0.3 is 0 Å². The Bertz CT molecular complexity index is 1440. The Morgan fingerprint density at radius 2 is 1.70 bits per heavy atom. The Morgan fingerprint density at radius 3 is 2.32 bits per heavy atom. The number of anilines is 1. The molecule has 9 heteroatoms. The lowest BCUT2D eigenvalue weighted by molar-refractivity contribution is 0.0984. The summed E-state index contributed by atoms with van der Waals surface area (Å²) in [6, 6.07) is 15.9. The van der Waals surface area contributed by atoms with Crippen LogP contribution in [0, 0.1) is 13.8 Å². The second kappa shape index (κ2) is 11.5. The summed E-state index contributed by atoms with van der Waals surface area (Å²) in [5, 5.41) is 0.580. The molecule has 0 aliphatic rings. The minimum absolute atomic E-state index is 0.185. The van der Waals surface area contributed by atoms with Crippen LogP contribution in [-0.2, 0) is 16.6 Å². The van der Waals surface area contributed by atoms with E-state index in [9.17, 15) is 13.2 Å². The van der Waals surface area contributed by atoms with Crippen molar-refractivity contribution in [3.05, 3.63) is 83.2 Å². The van der Waals surface area contributed by atoms with Crippen LogP contribution in [-0.4, -0.2) is 41.7 Å². The molecular formula is C28H32N4O3S2. The summed E-state index contributed by atoms with van der Waals surface area (Å²) in [5.41, 5.74) is 4.16. The molecule has 4 aromatic rings. The predicted molar refractivity (Wildman–Crippen MR) is 150 cm³/mol. The Labute approximate surface area is 222 Å². The van der Waals surface area contributed by atoms with Gasteiger partial charge < -0.3 is 0 Å². The number of unbranched alkanes of at least 4 members (excludes halogenated alkanes) is 1. The third kappa shape index (κ3) is 5.74. The zero-order valence-electron chi connectivity index (χ0n) is 21.6. The summed E-state index contributed by atoms with van der Waals surface area (Å²) >= 11 is 1.47. The van der Waals surface area contributed by atoms with Crippen LogP contribution >= 0.6 is 11.3 Å². The van der Waals surface area contributed by atoms with Crippen LogP contribution in [0.15, 0.2) is 65.7 Å². The van der Waals surface area contributed by atoms with E-state index >= 15 is 0 Å². The number of aryl methyl sites for hydroxylation is 2. The van der Waals surface area contributed by atoms with Crippen molar-refractivity contribution in [2.45, 2.75) is 52.0 Å². The SMILES string of the molecule is CCCCN(CC)S(=O)(=O)c1ccc(C(=O)N(Cc2ccccn2)c2nc3c(C)ccc(C)c3s2)cc1. The van der Waals surface area contributed by atoms with E-state index in [1.165, 1.54) is 27.8 Å². The molecule has 0 N–H and O–H groups in total. The van der Waals surface area contributed by atoms with Gasteiger partial charge in [-0.25, -0.2) is 13.4 Å². The van der Waals surface area contributed by atoms with Gasteiger partial charge in [-0.3, -0.25) is 14.7 Å². The van der Waals surface area contributed by atoms with Gasteiger partial charge in [0.1, 0.15) is 0 Å². The van der Waals surface area contributed by atoms with Crippen molar-refractivity contribution < 1.29 is 13.2 Å². The zero-order valence-corrected chi connectivity index (χ0v) is 23.3. The summed E-state index contributed by atoms with van der Waals surface area (Å²) < 4.78 is 28.8. The summed E-state index contributed by atoms with van der Waals surface area (Å²) in [5.74, 6) is -0.262. The van der Waals surface area contributed by atoms with E-state index in [0.717, 1.165) is 39.9 Å². The van der Waals surface area contributed by atoms with Gasteiger partial charge in [-0.1, -0.05) is 49.8 Å². The molecule has 0 bridgehead atoms. The van der Waals surface area contributed by atoms with Crippen molar-refractivity contribution in [2.24, 2.45) is 0 Å². The van der Waals surface area contributed by atoms with Crippen molar-refractivity contribution >= 4 is 42.6 Å². The molecule has 194 valence electrons. The fraction of sp³-hybridized carbons (Fsp3) is 0.321. The van der Waals surface area contributed by atoms with E-state index in [4.69, 9.17) is 4.98 Å². The highest BCUT2D eigenvalue weighted by atomic mass is 32.2. The standard InChI is InChI=1S/C28H32N4O3S2/c1-5-7-18-31(6-2)37(34,35)24-15-13-22(14-16-24)27(33)32(19-23-10-8-9-17-29-23)28-30-25-20(3)11-12-21(4)26(25)36-28/h8-17H,5-7,18-19H2,1-4H3. The number of aromatic nitrogens is 2. The van der Waals surface area contributed by atoms with E-state index in [1.54, 1.807) is 23.2 Å². The largest absolute Gasteiger partial charge is 0.278 e. The van der Waals surface area contributed by atoms with Gasteiger partial charge in [-0.15, -0.1) is 0 Å². The zero-order chi connectivity index (χ0) is 26.6. The number of carbonyl (C=O) groups excluding carboxylic acids is 1. The van der Waals surface area contributed by atoms with Crippen LogP contribution < -0.4 is 4.90 Å². The Hall–Kier alpha value is -3.14. The molecule has 1 amide bonds. The Morgan fingerprint density at radius 1 is 0.973 bits per heavy atom. The van der Waals surface area contributed by atoms with E-state index in [2.05, 4.69) is 11.1 Å². The third-order valence-electron chi connectivity index (χ3n) is 6.31. The van der Waals surface area contributed by atoms with Gasteiger partial charge in [0.25, 0.3) is 5.91 Å². The number of fused-ring (bicyclic) bond motifs is 1. The Balaban J connectivity index is 1.69. The Kier molecular flexibility index (Phi) is 8.36. The van der Waals surface area contributed by atoms with Crippen molar-refractivity contribution in [3.8, 4) is 0 Å². The average Bonchev–Trinajstić information content (AvgIpc) is 3.37. The fourth-order valence-corrected chi connectivity index (χ4v) is 6.70. The molecule has 2 heterocycles. The summed E-state index contributed by atoms with van der Waals surface area (Å²) in [6.45, 7) is 9.04. The molecule has 4 rings (SSSR count). The predicted octanol–water partition coefficient (Wildman–Crippen LogP) is 5.97. The number of pyridine rings is 1. The van der Waals surface area contributed by atoms with Crippen LogP contribution in [0.5, 0.6) is 0 Å². The number of sulfonamides is 1. The van der Waals surface area contributed by atoms with Crippen LogP contribution in [0.25, 0.3) is 10.2 Å². The van der Waals surface area contributed by atoms with E-state index in [1.807, 2.05) is 52.0 Å². The second-order valence-corrected chi connectivity index (χ2v) is 11.9. The molecule has 0 saturated carbocycles. The number of rotatable bonds is 10. The number of hydrogen-bond donors (Lipinski definition) is 0. The number of nitrogens with zero attached hydrogens (tertiary/aromatic N) is 4. The number of benzene rings is 2. The van der Waals surface area contributed by atoms with Crippen molar-refractivity contribution in [3.63, 3.8) is 0 Å². The lowest BCUT2D eigenvalue weighted by Crippen LogP contribution is -2.32. The second-order valence-electron chi connectivity index (χ2n) is 8.96. The number of carbonyl (C=O) groups is 1. The first kappa shape index (κ1) is 26.9. The minimum Gasteiger partial charge on any atom is -0.278 e. The highest BCUT2D eigenvalue weighted by Gasteiger charge is 2.26. The molecule has 0 unspecified atom stereocenters. The minimum atomic E-state index is -3.63. The number of hydrogen-bond acceptors (Lipinski definition) is 6. The van der Waals surface area contributed by atoms with Gasteiger partial charge in [0.15, 0.2) is 5.13 Å². The summed E-state index contributed by atoms with van der Waals surface area (Å²) in [6.07, 6.45) is 3.41. The number of thiazole rings is 1. The molecule has 37 heavy (non-hydrogen) atoms. The fourth-order valence-electron chi connectivity index (χ4n) is 4.10. The van der Waals surface area contributed by atoms with Gasteiger partial charge in [0, 0.05) is 24.8 Å². The lowest BCUT2D eigenvalue weighted by atomic mass is 10.1. The quantitative estimate of drug-likeness (QED) is 0.249. The molecule has 0 radical (unpaired) electrons. The first-order chi connectivity index (χ1) is 17.8. The van der Waals surface area contributed by atoms with E-state index < -0.39 is 10.0 Å². The highest BCUT2D eigenvalue weighted by Crippen LogP contribution is 2.34. The van der Waals surface area contributed by atoms with Crippen LogP contribution in [0.3, 0.4) is 0 Å². The molecular weight excluding hydrogens is 504 g/mol. The normalized spacial score (nSPS) is 11.8. The van der Waals surface area contributed by atoms with Crippen molar-refractivity contribution in [1.82, 2.24) is 14.3 Å². The average molecular weight is 537 g/mol. The molecule has 0 atom stereocenters. The molecule has 0 spiro atoms. The molecule has 7 nitrogen and oxygen atoms in total. The van der Waals surface area contributed by atoms with Gasteiger partial charge in [-0.05, 0) is 67.8 Å². The third-order valence-corrected chi connectivity index (χ3v) is 9.51. The van der Waals surface area contributed by atoms with Crippen LogP contribution in [0.2, 0.25) is 0 Å². The summed E-state index contributed by atoms with van der Waals surface area (Å²) in [7, 11) is -3.63.